The molecule has 0 aromatic carbocycles. The number of rotatable bonds is 7. The van der Waals surface area contributed by atoms with Gasteiger partial charge in [-0.3, -0.25) is 4.79 Å². The molecule has 0 aliphatic carbocycles. The van der Waals surface area contributed by atoms with Gasteiger partial charge < -0.3 is 9.64 Å². The summed E-state index contributed by atoms with van der Waals surface area (Å²) in [6, 6.07) is 0. The van der Waals surface area contributed by atoms with Crippen molar-refractivity contribution in [2.45, 2.75) is 32.4 Å². The molecule has 1 rings (SSSR count). The number of esters is 1. The molecule has 114 valence electrons. The van der Waals surface area contributed by atoms with Crippen molar-refractivity contribution in [3.63, 3.8) is 0 Å². The van der Waals surface area contributed by atoms with Crippen molar-refractivity contribution in [3.05, 3.63) is 11.1 Å². The third kappa shape index (κ3) is 6.23. The van der Waals surface area contributed by atoms with Crippen LogP contribution in [0.5, 0.6) is 0 Å². The van der Waals surface area contributed by atoms with Crippen LogP contribution in [-0.4, -0.2) is 37.3 Å². The number of halogens is 3. The lowest BCUT2D eigenvalue weighted by molar-refractivity contribution is -0.143. The molecule has 0 amide bonds. The Kier molecular flexibility index (Phi) is 6.25. The fourth-order valence-electron chi connectivity index (χ4n) is 1.44. The average Bonchev–Trinajstić information content (AvgIpc) is 2.82. The fourth-order valence-corrected chi connectivity index (χ4v) is 2.29. The molecule has 0 saturated heterocycles. The molecule has 0 aliphatic rings. The maximum absolute atomic E-state index is 12.1. The van der Waals surface area contributed by atoms with Crippen molar-refractivity contribution in [3.8, 4) is 0 Å². The number of aryl methyl sites for hydroxylation is 1. The van der Waals surface area contributed by atoms with E-state index < -0.39 is 12.6 Å². The van der Waals surface area contributed by atoms with E-state index in [9.17, 15) is 18.0 Å². The van der Waals surface area contributed by atoms with Crippen molar-refractivity contribution in [2.75, 3.05) is 25.1 Å². The quantitative estimate of drug-likeness (QED) is 0.726. The van der Waals surface area contributed by atoms with E-state index in [-0.39, 0.29) is 18.9 Å². The maximum Gasteiger partial charge on any atom is 0.390 e. The molecule has 0 fully saturated rings. The van der Waals surface area contributed by atoms with E-state index in [0.29, 0.717) is 23.9 Å². The molecule has 1 aromatic heterocycles. The van der Waals surface area contributed by atoms with Crippen LogP contribution in [0.3, 0.4) is 0 Å². The van der Waals surface area contributed by atoms with Gasteiger partial charge in [-0.1, -0.05) is 0 Å². The van der Waals surface area contributed by atoms with E-state index in [0.717, 1.165) is 0 Å². The Labute approximate surface area is 119 Å². The summed E-state index contributed by atoms with van der Waals surface area (Å²) < 4.78 is 41.2. The Bertz CT molecular complexity index is 435. The molecule has 0 atom stereocenters. The minimum Gasteiger partial charge on any atom is -0.466 e. The number of nitrogens with zero attached hydrogens (tertiary/aromatic N) is 2. The van der Waals surface area contributed by atoms with E-state index in [1.165, 1.54) is 16.2 Å². The standard InChI is InChI=1S/C12H17F3N2O2S/c1-3-19-10(18)5-4-9-8-20-11(16-9)17(2)7-6-12(13,14)15/h8H,3-7H2,1-2H3. The Morgan fingerprint density at radius 1 is 1.50 bits per heavy atom. The third-order valence-corrected chi connectivity index (χ3v) is 3.49. The first-order chi connectivity index (χ1) is 9.31. The van der Waals surface area contributed by atoms with Crippen LogP contribution in [0.15, 0.2) is 5.38 Å². The topological polar surface area (TPSA) is 42.4 Å². The van der Waals surface area contributed by atoms with Gasteiger partial charge in [-0.15, -0.1) is 11.3 Å². The molecule has 0 unspecified atom stereocenters. The smallest absolute Gasteiger partial charge is 0.390 e. The lowest BCUT2D eigenvalue weighted by Crippen LogP contribution is -2.23. The van der Waals surface area contributed by atoms with Gasteiger partial charge in [0.05, 0.1) is 25.1 Å². The van der Waals surface area contributed by atoms with Crippen molar-refractivity contribution >= 4 is 22.4 Å². The number of alkyl halides is 3. The van der Waals surface area contributed by atoms with E-state index >= 15 is 0 Å². The predicted octanol–water partition coefficient (Wildman–Crippen LogP) is 3.03. The Balaban J connectivity index is 2.44. The highest BCUT2D eigenvalue weighted by atomic mass is 32.1. The average molecular weight is 310 g/mol. The Morgan fingerprint density at radius 3 is 2.80 bits per heavy atom. The van der Waals surface area contributed by atoms with Crippen LogP contribution in [0.2, 0.25) is 0 Å². The van der Waals surface area contributed by atoms with Crippen molar-refractivity contribution in [1.29, 1.82) is 0 Å². The maximum atomic E-state index is 12.1. The largest absolute Gasteiger partial charge is 0.466 e. The van der Waals surface area contributed by atoms with Crippen molar-refractivity contribution in [2.24, 2.45) is 0 Å². The number of hydrogen-bond acceptors (Lipinski definition) is 5. The molecule has 1 aromatic rings. The summed E-state index contributed by atoms with van der Waals surface area (Å²) in [6.45, 7) is 1.93. The summed E-state index contributed by atoms with van der Waals surface area (Å²) in [6.07, 6.45) is -4.38. The molecule has 8 heteroatoms. The molecular formula is C12H17F3N2O2S. The van der Waals surface area contributed by atoms with Gasteiger partial charge in [0.25, 0.3) is 0 Å². The van der Waals surface area contributed by atoms with Gasteiger partial charge in [0.1, 0.15) is 0 Å². The number of carbonyl (C=O) groups excluding carboxylic acids is 1. The Hall–Kier alpha value is -1.31. The third-order valence-electron chi connectivity index (χ3n) is 2.49. The number of aromatic nitrogens is 1. The predicted molar refractivity (Wildman–Crippen MR) is 71.0 cm³/mol. The minimum atomic E-state index is -4.17. The summed E-state index contributed by atoms with van der Waals surface area (Å²) in [5.74, 6) is -0.299. The number of hydrogen-bond donors (Lipinski definition) is 0. The zero-order chi connectivity index (χ0) is 15.2. The first-order valence-corrected chi connectivity index (χ1v) is 7.07. The highest BCUT2D eigenvalue weighted by molar-refractivity contribution is 7.13. The van der Waals surface area contributed by atoms with Crippen molar-refractivity contribution < 1.29 is 22.7 Å². The number of anilines is 1. The fraction of sp³-hybridized carbons (Fsp3) is 0.667. The SMILES string of the molecule is CCOC(=O)CCc1csc(N(C)CCC(F)(F)F)n1. The summed E-state index contributed by atoms with van der Waals surface area (Å²) >= 11 is 1.27. The normalized spacial score (nSPS) is 11.4. The summed E-state index contributed by atoms with van der Waals surface area (Å²) in [5.41, 5.74) is 0.692. The first-order valence-electron chi connectivity index (χ1n) is 6.19. The molecule has 0 N–H and O–H groups in total. The monoisotopic (exact) mass is 310 g/mol. The summed E-state index contributed by atoms with van der Waals surface area (Å²) in [4.78, 5) is 16.9. The molecular weight excluding hydrogens is 293 g/mol. The molecule has 0 aliphatic heterocycles. The van der Waals surface area contributed by atoms with Crippen LogP contribution < -0.4 is 4.90 Å². The lowest BCUT2D eigenvalue weighted by Gasteiger charge is -2.16. The number of ether oxygens (including phenoxy) is 1. The molecule has 0 bridgehead atoms. The zero-order valence-corrected chi connectivity index (χ0v) is 12.2. The van der Waals surface area contributed by atoms with Crippen LogP contribution in [0.4, 0.5) is 18.3 Å². The van der Waals surface area contributed by atoms with Gasteiger partial charge in [0.15, 0.2) is 5.13 Å². The van der Waals surface area contributed by atoms with E-state index in [1.54, 1.807) is 19.4 Å². The van der Waals surface area contributed by atoms with Gasteiger partial charge in [0.2, 0.25) is 0 Å². The highest BCUT2D eigenvalue weighted by Gasteiger charge is 2.27. The number of thiazole rings is 1. The Morgan fingerprint density at radius 2 is 2.20 bits per heavy atom. The number of carbonyl (C=O) groups is 1. The van der Waals surface area contributed by atoms with Gasteiger partial charge in [-0.05, 0) is 6.92 Å². The van der Waals surface area contributed by atoms with Crippen molar-refractivity contribution in [1.82, 2.24) is 4.98 Å². The molecule has 20 heavy (non-hydrogen) atoms. The first kappa shape index (κ1) is 16.7. The minimum absolute atomic E-state index is 0.131. The molecule has 0 saturated carbocycles. The molecule has 4 nitrogen and oxygen atoms in total. The zero-order valence-electron chi connectivity index (χ0n) is 11.4. The van der Waals surface area contributed by atoms with E-state index in [2.05, 4.69) is 4.98 Å². The second kappa shape index (κ2) is 7.47. The van der Waals surface area contributed by atoms with Gasteiger partial charge in [0, 0.05) is 25.4 Å². The molecule has 0 radical (unpaired) electrons. The summed E-state index contributed by atoms with van der Waals surface area (Å²) in [5, 5.41) is 2.27. The van der Waals surface area contributed by atoms with Crippen LogP contribution in [0.1, 0.15) is 25.5 Å². The van der Waals surface area contributed by atoms with Crippen LogP contribution >= 0.6 is 11.3 Å². The van der Waals surface area contributed by atoms with Gasteiger partial charge >= 0.3 is 12.1 Å². The van der Waals surface area contributed by atoms with Gasteiger partial charge in [-0.2, -0.15) is 13.2 Å². The van der Waals surface area contributed by atoms with E-state index in [1.807, 2.05) is 0 Å². The lowest BCUT2D eigenvalue weighted by atomic mass is 10.2. The van der Waals surface area contributed by atoms with Crippen LogP contribution in [0, 0.1) is 0 Å². The van der Waals surface area contributed by atoms with Crippen LogP contribution in [0.25, 0.3) is 0 Å². The summed E-state index contributed by atoms with van der Waals surface area (Å²) in [7, 11) is 1.57. The second-order valence-corrected chi connectivity index (χ2v) is 5.05. The van der Waals surface area contributed by atoms with Crippen LogP contribution in [-0.2, 0) is 16.0 Å². The molecule has 0 spiro atoms. The van der Waals surface area contributed by atoms with E-state index in [4.69, 9.17) is 4.74 Å². The van der Waals surface area contributed by atoms with Gasteiger partial charge in [-0.25, -0.2) is 4.98 Å². The second-order valence-electron chi connectivity index (χ2n) is 4.21. The molecule has 1 heterocycles. The highest BCUT2D eigenvalue weighted by Crippen LogP contribution is 2.24.